The maximum Gasteiger partial charge on any atom is 0.294 e. The Kier molecular flexibility index (Phi) is 3.70. The highest BCUT2D eigenvalue weighted by Crippen LogP contribution is 1.88. The zero-order valence-electron chi connectivity index (χ0n) is 4.37. The van der Waals surface area contributed by atoms with Gasteiger partial charge in [-0.3, -0.25) is 4.79 Å². The maximum absolute atomic E-state index is 9.89. The van der Waals surface area contributed by atoms with Gasteiger partial charge in [-0.1, -0.05) is 0 Å². The molecule has 0 amide bonds. The molecule has 0 aromatic rings. The quantitative estimate of drug-likeness (QED) is 0.332. The molecule has 0 radical (unpaired) electrons. The highest BCUT2D eigenvalue weighted by Gasteiger charge is 1.97. The molecule has 52 valence electrons. The summed E-state index contributed by atoms with van der Waals surface area (Å²) in [6.45, 7) is -0.269. The Morgan fingerprint density at radius 1 is 1.78 bits per heavy atom. The van der Waals surface area contributed by atoms with Gasteiger partial charge in [-0.15, -0.1) is 10.1 Å². The SMILES string of the molecule is O=C(Cl)CCO[N+](=O)[O-]. The van der Waals surface area contributed by atoms with Gasteiger partial charge in [0, 0.05) is 6.42 Å². The Bertz CT molecular complexity index is 111. The minimum Gasteiger partial charge on any atom is -0.313 e. The molecule has 0 saturated heterocycles. The molecular weight excluding hydrogens is 149 g/mol. The van der Waals surface area contributed by atoms with Crippen molar-refractivity contribution in [2.24, 2.45) is 0 Å². The van der Waals surface area contributed by atoms with Gasteiger partial charge in [-0.05, 0) is 11.6 Å². The summed E-state index contributed by atoms with van der Waals surface area (Å²) in [6.07, 6.45) is -0.136. The second kappa shape index (κ2) is 4.08. The average Bonchev–Trinajstić information content (AvgIpc) is 1.63. The van der Waals surface area contributed by atoms with E-state index in [1.54, 1.807) is 0 Å². The highest BCUT2D eigenvalue weighted by molar-refractivity contribution is 6.63. The molecule has 0 N–H and O–H groups in total. The number of carbonyl (C=O) groups excluding carboxylic acids is 1. The molecule has 5 nitrogen and oxygen atoms in total. The Morgan fingerprint density at radius 2 is 2.33 bits per heavy atom. The monoisotopic (exact) mass is 153 g/mol. The van der Waals surface area contributed by atoms with Crippen molar-refractivity contribution in [2.45, 2.75) is 6.42 Å². The minimum atomic E-state index is -0.972. The Hall–Kier alpha value is -0.840. The Labute approximate surface area is 55.7 Å². The van der Waals surface area contributed by atoms with Crippen LogP contribution >= 0.6 is 11.6 Å². The topological polar surface area (TPSA) is 69.4 Å². The van der Waals surface area contributed by atoms with Gasteiger partial charge >= 0.3 is 0 Å². The first-order valence-corrected chi connectivity index (χ1v) is 2.46. The molecular formula is C3H4ClNO4. The number of rotatable bonds is 4. The summed E-state index contributed by atoms with van der Waals surface area (Å²) in [5.41, 5.74) is 0. The van der Waals surface area contributed by atoms with Crippen molar-refractivity contribution >= 4 is 16.8 Å². The van der Waals surface area contributed by atoms with E-state index >= 15 is 0 Å². The van der Waals surface area contributed by atoms with Crippen molar-refractivity contribution in [3.8, 4) is 0 Å². The zero-order chi connectivity index (χ0) is 7.28. The van der Waals surface area contributed by atoms with Crippen LogP contribution in [0, 0.1) is 10.1 Å². The number of hydrogen-bond donors (Lipinski definition) is 0. The van der Waals surface area contributed by atoms with E-state index in [1.807, 2.05) is 0 Å². The summed E-state index contributed by atoms with van der Waals surface area (Å²) in [5.74, 6) is 0. The number of hydrogen-bond acceptors (Lipinski definition) is 4. The van der Waals surface area contributed by atoms with Crippen molar-refractivity contribution in [3.63, 3.8) is 0 Å². The van der Waals surface area contributed by atoms with Gasteiger partial charge in [-0.2, -0.15) is 0 Å². The molecule has 9 heavy (non-hydrogen) atoms. The molecule has 0 aliphatic carbocycles. The molecule has 0 aliphatic rings. The fourth-order valence-electron chi connectivity index (χ4n) is 0.200. The van der Waals surface area contributed by atoms with E-state index in [0.717, 1.165) is 0 Å². The third-order valence-electron chi connectivity index (χ3n) is 0.495. The van der Waals surface area contributed by atoms with Crippen LogP contribution in [-0.2, 0) is 9.63 Å². The number of nitrogens with zero attached hydrogens (tertiary/aromatic N) is 1. The lowest BCUT2D eigenvalue weighted by Gasteiger charge is -1.91. The molecule has 0 aromatic carbocycles. The first-order chi connectivity index (χ1) is 4.13. The van der Waals surface area contributed by atoms with E-state index < -0.39 is 10.3 Å². The van der Waals surface area contributed by atoms with Gasteiger partial charge in [0.1, 0.15) is 6.61 Å². The first kappa shape index (κ1) is 8.16. The molecule has 0 bridgehead atoms. The van der Waals surface area contributed by atoms with Crippen LogP contribution in [-0.4, -0.2) is 16.9 Å². The predicted octanol–water partition coefficient (Wildman–Crippen LogP) is 0.350. The standard InChI is InChI=1S/C3H4ClNO4/c4-3(6)1-2-9-5(7)8/h1-2H2. The lowest BCUT2D eigenvalue weighted by molar-refractivity contribution is -0.757. The fourth-order valence-corrected chi connectivity index (χ4v) is 0.278. The second-order valence-corrected chi connectivity index (χ2v) is 1.58. The molecule has 0 atom stereocenters. The van der Waals surface area contributed by atoms with Crippen molar-refractivity contribution in [1.29, 1.82) is 0 Å². The third kappa shape index (κ3) is 7.16. The van der Waals surface area contributed by atoms with Crippen molar-refractivity contribution in [1.82, 2.24) is 0 Å². The van der Waals surface area contributed by atoms with Crippen LogP contribution in [0.3, 0.4) is 0 Å². The summed E-state index contributed by atoms with van der Waals surface area (Å²) >= 11 is 4.82. The molecule has 0 rings (SSSR count). The van der Waals surface area contributed by atoms with E-state index in [4.69, 9.17) is 11.6 Å². The lowest BCUT2D eigenvalue weighted by atomic mass is 10.5. The van der Waals surface area contributed by atoms with E-state index in [2.05, 4.69) is 4.84 Å². The van der Waals surface area contributed by atoms with Crippen LogP contribution in [0.5, 0.6) is 0 Å². The second-order valence-electron chi connectivity index (χ2n) is 1.16. The van der Waals surface area contributed by atoms with Gasteiger partial charge in [-0.25, -0.2) is 0 Å². The molecule has 0 heterocycles. The van der Waals surface area contributed by atoms with Crippen LogP contribution in [0.25, 0.3) is 0 Å². The smallest absolute Gasteiger partial charge is 0.294 e. The van der Waals surface area contributed by atoms with Crippen LogP contribution in [0.2, 0.25) is 0 Å². The van der Waals surface area contributed by atoms with Crippen LogP contribution in [0.4, 0.5) is 0 Å². The molecule has 0 aliphatic heterocycles. The number of carbonyl (C=O) groups is 1. The van der Waals surface area contributed by atoms with E-state index in [1.165, 1.54) is 0 Å². The molecule has 0 unspecified atom stereocenters. The average molecular weight is 154 g/mol. The number of halogens is 1. The van der Waals surface area contributed by atoms with E-state index in [9.17, 15) is 14.9 Å². The van der Waals surface area contributed by atoms with Crippen LogP contribution in [0.15, 0.2) is 0 Å². The van der Waals surface area contributed by atoms with Gasteiger partial charge < -0.3 is 4.84 Å². The van der Waals surface area contributed by atoms with Gasteiger partial charge in [0.15, 0.2) is 0 Å². The van der Waals surface area contributed by atoms with Gasteiger partial charge in [0.2, 0.25) is 5.24 Å². The first-order valence-electron chi connectivity index (χ1n) is 2.08. The Balaban J connectivity index is 3.10. The van der Waals surface area contributed by atoms with E-state index in [0.29, 0.717) is 0 Å². The molecule has 0 aromatic heterocycles. The summed E-state index contributed by atoms with van der Waals surface area (Å²) in [5, 5.41) is 7.80. The Morgan fingerprint density at radius 3 is 2.67 bits per heavy atom. The molecule has 0 spiro atoms. The molecule has 0 fully saturated rings. The minimum absolute atomic E-state index is 0.136. The summed E-state index contributed by atoms with van der Waals surface area (Å²) in [7, 11) is 0. The van der Waals surface area contributed by atoms with Crippen molar-refractivity contribution in [2.75, 3.05) is 6.61 Å². The van der Waals surface area contributed by atoms with Crippen molar-refractivity contribution in [3.05, 3.63) is 10.1 Å². The summed E-state index contributed by atoms with van der Waals surface area (Å²) < 4.78 is 0. The normalized spacial score (nSPS) is 8.56. The largest absolute Gasteiger partial charge is 0.313 e. The summed E-state index contributed by atoms with van der Waals surface area (Å²) in [4.78, 5) is 23.1. The van der Waals surface area contributed by atoms with Crippen LogP contribution < -0.4 is 0 Å². The van der Waals surface area contributed by atoms with Crippen molar-refractivity contribution < 1.29 is 14.7 Å². The zero-order valence-corrected chi connectivity index (χ0v) is 5.13. The lowest BCUT2D eigenvalue weighted by Crippen LogP contribution is -2.04. The van der Waals surface area contributed by atoms with Gasteiger partial charge in [0.05, 0.1) is 0 Å². The van der Waals surface area contributed by atoms with E-state index in [-0.39, 0.29) is 13.0 Å². The maximum atomic E-state index is 9.89. The molecule has 0 saturated carbocycles. The summed E-state index contributed by atoms with van der Waals surface area (Å²) in [6, 6.07) is 0. The fraction of sp³-hybridized carbons (Fsp3) is 0.667. The van der Waals surface area contributed by atoms with Crippen LogP contribution in [0.1, 0.15) is 6.42 Å². The predicted molar refractivity (Wildman–Crippen MR) is 28.4 cm³/mol. The van der Waals surface area contributed by atoms with Gasteiger partial charge in [0.25, 0.3) is 5.09 Å². The highest BCUT2D eigenvalue weighted by atomic mass is 35.5. The molecule has 6 heteroatoms. The third-order valence-corrected chi connectivity index (χ3v) is 0.684.